The predicted molar refractivity (Wildman–Crippen MR) is 45.0 cm³/mol. The van der Waals surface area contributed by atoms with Gasteiger partial charge >= 0.3 is 0 Å². The maximum absolute atomic E-state index is 8.69. The van der Waals surface area contributed by atoms with Crippen molar-refractivity contribution in [2.45, 2.75) is 13.8 Å². The van der Waals surface area contributed by atoms with Gasteiger partial charge in [0.25, 0.3) is 0 Å². The molecule has 2 atom stereocenters. The largest absolute Gasteiger partial charge is 0.411 e. The highest BCUT2D eigenvalue weighted by atomic mass is 16.4. The second-order valence-corrected chi connectivity index (χ2v) is 3.55. The smallest absolute Gasteiger partial charge is 0.0652 e. The molecule has 0 aromatic rings. The van der Waals surface area contributed by atoms with Crippen LogP contribution in [-0.4, -0.2) is 36.0 Å². The van der Waals surface area contributed by atoms with Crippen molar-refractivity contribution in [3.05, 3.63) is 0 Å². The first-order valence-corrected chi connectivity index (χ1v) is 4.05. The molecule has 3 nitrogen and oxygen atoms in total. The van der Waals surface area contributed by atoms with Gasteiger partial charge in [0, 0.05) is 24.9 Å². The highest BCUT2D eigenvalue weighted by Crippen LogP contribution is 2.17. The molecular formula is C8H16N2O. The predicted octanol–water partition coefficient (Wildman–Crippen LogP) is 1.03. The van der Waals surface area contributed by atoms with Crippen molar-refractivity contribution in [2.24, 2.45) is 17.0 Å². The monoisotopic (exact) mass is 156 g/mol. The van der Waals surface area contributed by atoms with E-state index in [9.17, 15) is 0 Å². The Hall–Kier alpha value is -0.570. The second-order valence-electron chi connectivity index (χ2n) is 3.55. The molecule has 1 aliphatic heterocycles. The van der Waals surface area contributed by atoms with Crippen LogP contribution in [0, 0.1) is 11.8 Å². The number of oxime groups is 1. The van der Waals surface area contributed by atoms with Gasteiger partial charge in [-0.25, -0.2) is 0 Å². The Bertz CT molecular complexity index is 153. The Morgan fingerprint density at radius 2 is 1.82 bits per heavy atom. The van der Waals surface area contributed by atoms with Crippen LogP contribution in [0.1, 0.15) is 13.8 Å². The molecule has 0 aromatic carbocycles. The fourth-order valence-electron chi connectivity index (χ4n) is 1.88. The minimum Gasteiger partial charge on any atom is -0.411 e. The lowest BCUT2D eigenvalue weighted by Crippen LogP contribution is -2.42. The van der Waals surface area contributed by atoms with E-state index in [-0.39, 0.29) is 0 Å². The number of piperidine rings is 1. The van der Waals surface area contributed by atoms with Gasteiger partial charge in [0.1, 0.15) is 0 Å². The lowest BCUT2D eigenvalue weighted by Gasteiger charge is -2.32. The summed E-state index contributed by atoms with van der Waals surface area (Å²) < 4.78 is 0. The van der Waals surface area contributed by atoms with Crippen molar-refractivity contribution in [3.8, 4) is 0 Å². The molecule has 2 unspecified atom stereocenters. The van der Waals surface area contributed by atoms with Gasteiger partial charge < -0.3 is 10.1 Å². The third-order valence-corrected chi connectivity index (χ3v) is 2.30. The third-order valence-electron chi connectivity index (χ3n) is 2.30. The molecule has 0 bridgehead atoms. The average molecular weight is 156 g/mol. The van der Waals surface area contributed by atoms with Crippen LogP contribution in [0.2, 0.25) is 0 Å². The van der Waals surface area contributed by atoms with Gasteiger partial charge in [-0.2, -0.15) is 0 Å². The van der Waals surface area contributed by atoms with E-state index in [1.165, 1.54) is 0 Å². The summed E-state index contributed by atoms with van der Waals surface area (Å²) in [5, 5.41) is 12.0. The zero-order valence-corrected chi connectivity index (χ0v) is 7.41. The van der Waals surface area contributed by atoms with Gasteiger partial charge in [-0.3, -0.25) is 0 Å². The molecule has 0 aliphatic carbocycles. The lowest BCUT2D eigenvalue weighted by molar-refractivity contribution is 0.246. The van der Waals surface area contributed by atoms with E-state index >= 15 is 0 Å². The van der Waals surface area contributed by atoms with E-state index < -0.39 is 0 Å². The van der Waals surface area contributed by atoms with Crippen LogP contribution in [0.5, 0.6) is 0 Å². The molecule has 0 amide bonds. The summed E-state index contributed by atoms with van der Waals surface area (Å²) in [6, 6.07) is 0. The number of hydrogen-bond acceptors (Lipinski definition) is 3. The zero-order chi connectivity index (χ0) is 8.43. The maximum atomic E-state index is 8.69. The molecule has 1 rings (SSSR count). The standard InChI is InChI=1S/C8H16N2O/c1-6-4-10(3)5-7(2)8(6)9-11/h6-7,11H,4-5H2,1-3H3. The summed E-state index contributed by atoms with van der Waals surface area (Å²) in [6.45, 7) is 6.20. The zero-order valence-electron chi connectivity index (χ0n) is 7.41. The quantitative estimate of drug-likeness (QED) is 0.420. The van der Waals surface area contributed by atoms with Crippen molar-refractivity contribution in [1.29, 1.82) is 0 Å². The second kappa shape index (κ2) is 3.22. The van der Waals surface area contributed by atoms with Crippen molar-refractivity contribution in [1.82, 2.24) is 4.90 Å². The fourth-order valence-corrected chi connectivity index (χ4v) is 1.88. The first-order valence-electron chi connectivity index (χ1n) is 4.05. The van der Waals surface area contributed by atoms with Gasteiger partial charge in [-0.05, 0) is 7.05 Å². The number of nitrogens with zero attached hydrogens (tertiary/aromatic N) is 2. The first-order chi connectivity index (χ1) is 5.15. The van der Waals surface area contributed by atoms with Crippen LogP contribution in [0.3, 0.4) is 0 Å². The average Bonchev–Trinajstić information content (AvgIpc) is 1.85. The van der Waals surface area contributed by atoms with Gasteiger partial charge in [0.15, 0.2) is 0 Å². The highest BCUT2D eigenvalue weighted by molar-refractivity contribution is 5.89. The lowest BCUT2D eigenvalue weighted by atomic mass is 9.90. The Labute approximate surface area is 67.7 Å². The summed E-state index contributed by atoms with van der Waals surface area (Å²) in [4.78, 5) is 2.27. The molecule has 1 saturated heterocycles. The molecular weight excluding hydrogens is 140 g/mol. The minimum atomic E-state index is 0.397. The Morgan fingerprint density at radius 1 is 1.36 bits per heavy atom. The molecule has 64 valence electrons. The highest BCUT2D eigenvalue weighted by Gasteiger charge is 2.26. The fraction of sp³-hybridized carbons (Fsp3) is 0.875. The molecule has 1 fully saturated rings. The molecule has 1 aliphatic rings. The molecule has 11 heavy (non-hydrogen) atoms. The van der Waals surface area contributed by atoms with Crippen molar-refractivity contribution in [3.63, 3.8) is 0 Å². The van der Waals surface area contributed by atoms with Crippen molar-refractivity contribution < 1.29 is 5.21 Å². The van der Waals surface area contributed by atoms with Gasteiger partial charge in [-0.1, -0.05) is 19.0 Å². The van der Waals surface area contributed by atoms with E-state index in [2.05, 4.69) is 31.0 Å². The van der Waals surface area contributed by atoms with Gasteiger partial charge in [-0.15, -0.1) is 0 Å². The molecule has 1 heterocycles. The van der Waals surface area contributed by atoms with E-state index in [1.54, 1.807) is 0 Å². The minimum absolute atomic E-state index is 0.397. The summed E-state index contributed by atoms with van der Waals surface area (Å²) in [5.41, 5.74) is 0.947. The molecule has 0 spiro atoms. The summed E-state index contributed by atoms with van der Waals surface area (Å²) in [7, 11) is 2.10. The number of rotatable bonds is 0. The Kier molecular flexibility index (Phi) is 2.49. The van der Waals surface area contributed by atoms with Crippen molar-refractivity contribution in [2.75, 3.05) is 20.1 Å². The molecule has 1 N–H and O–H groups in total. The van der Waals surface area contributed by atoms with Crippen LogP contribution in [0.15, 0.2) is 5.16 Å². The summed E-state index contributed by atoms with van der Waals surface area (Å²) in [5.74, 6) is 0.794. The van der Waals surface area contributed by atoms with E-state index in [0.29, 0.717) is 11.8 Å². The summed E-state index contributed by atoms with van der Waals surface area (Å²) >= 11 is 0. The Balaban J connectivity index is 2.67. The van der Waals surface area contributed by atoms with E-state index in [1.807, 2.05) is 0 Å². The van der Waals surface area contributed by atoms with Crippen LogP contribution in [0.4, 0.5) is 0 Å². The van der Waals surface area contributed by atoms with Crippen molar-refractivity contribution >= 4 is 5.71 Å². The van der Waals surface area contributed by atoms with E-state index in [0.717, 1.165) is 18.8 Å². The maximum Gasteiger partial charge on any atom is 0.0652 e. The topological polar surface area (TPSA) is 35.8 Å². The molecule has 0 radical (unpaired) electrons. The van der Waals surface area contributed by atoms with E-state index in [4.69, 9.17) is 5.21 Å². The molecule has 0 saturated carbocycles. The first kappa shape index (κ1) is 8.53. The van der Waals surface area contributed by atoms with Crippen LogP contribution >= 0.6 is 0 Å². The summed E-state index contributed by atoms with van der Waals surface area (Å²) in [6.07, 6.45) is 0. The van der Waals surface area contributed by atoms with Crippen LogP contribution in [0.25, 0.3) is 0 Å². The van der Waals surface area contributed by atoms with Crippen LogP contribution in [-0.2, 0) is 0 Å². The normalized spacial score (nSPS) is 33.9. The SMILES string of the molecule is CC1CN(C)CC(C)C1=NO. The molecule has 0 aromatic heterocycles. The number of likely N-dealkylation sites (tertiary alicyclic amines) is 1. The third kappa shape index (κ3) is 1.71. The van der Waals surface area contributed by atoms with Gasteiger partial charge in [0.2, 0.25) is 0 Å². The van der Waals surface area contributed by atoms with Gasteiger partial charge in [0.05, 0.1) is 5.71 Å². The van der Waals surface area contributed by atoms with Crippen LogP contribution < -0.4 is 0 Å². The number of hydrogen-bond donors (Lipinski definition) is 1. The Morgan fingerprint density at radius 3 is 2.18 bits per heavy atom. The molecule has 3 heteroatoms.